The van der Waals surface area contributed by atoms with Crippen molar-refractivity contribution in [1.29, 1.82) is 0 Å². The zero-order valence-corrected chi connectivity index (χ0v) is 22.3. The van der Waals surface area contributed by atoms with Gasteiger partial charge >= 0.3 is 5.91 Å². The first-order valence-corrected chi connectivity index (χ1v) is 12.1. The van der Waals surface area contributed by atoms with E-state index in [1.165, 1.54) is 5.56 Å². The van der Waals surface area contributed by atoms with Crippen LogP contribution < -0.4 is 5.43 Å². The summed E-state index contributed by atoms with van der Waals surface area (Å²) in [5, 5.41) is 5.01. The van der Waals surface area contributed by atoms with Gasteiger partial charge in [0.2, 0.25) is 0 Å². The molecule has 4 aromatic rings. The molecule has 1 amide bonds. The van der Waals surface area contributed by atoms with Gasteiger partial charge in [-0.15, -0.1) is 0 Å². The Labute approximate surface area is 210 Å². The van der Waals surface area contributed by atoms with Crippen LogP contribution in [0.4, 0.5) is 0 Å². The van der Waals surface area contributed by atoms with Gasteiger partial charge < -0.3 is 8.98 Å². The SMILES string of the molecule is Cc1cc(-n2c(C)cc(/C=N\NC(=O)c3cc4cc(Br)cc(I)c4o3)c2C)ccc1Br. The summed E-state index contributed by atoms with van der Waals surface area (Å²) in [6.07, 6.45) is 1.66. The number of aryl methyl sites for hydroxylation is 2. The summed E-state index contributed by atoms with van der Waals surface area (Å²) in [5.41, 5.74) is 8.56. The molecule has 0 saturated heterocycles. The number of benzene rings is 2. The van der Waals surface area contributed by atoms with E-state index >= 15 is 0 Å². The maximum absolute atomic E-state index is 12.5. The number of halogens is 3. The number of hydrogen-bond acceptors (Lipinski definition) is 3. The summed E-state index contributed by atoms with van der Waals surface area (Å²) >= 11 is 9.19. The van der Waals surface area contributed by atoms with E-state index in [-0.39, 0.29) is 5.76 Å². The monoisotopic (exact) mass is 653 g/mol. The largest absolute Gasteiger partial charge is 0.450 e. The fourth-order valence-corrected chi connectivity index (χ4v) is 5.39. The van der Waals surface area contributed by atoms with Crippen molar-refractivity contribution in [2.24, 2.45) is 5.10 Å². The first-order valence-electron chi connectivity index (χ1n) is 9.42. The number of nitrogens with one attached hydrogen (secondary N) is 1. The van der Waals surface area contributed by atoms with Crippen molar-refractivity contribution in [3.63, 3.8) is 0 Å². The summed E-state index contributed by atoms with van der Waals surface area (Å²) < 4.78 is 10.8. The van der Waals surface area contributed by atoms with E-state index in [0.717, 1.165) is 40.5 Å². The van der Waals surface area contributed by atoms with Gasteiger partial charge in [-0.05, 0) is 91.4 Å². The van der Waals surface area contributed by atoms with Crippen LogP contribution in [0.2, 0.25) is 0 Å². The molecule has 0 bridgehead atoms. The average molecular weight is 655 g/mol. The number of rotatable bonds is 4. The third kappa shape index (κ3) is 4.51. The molecular formula is C23H18Br2IN3O2. The lowest BCUT2D eigenvalue weighted by Gasteiger charge is -2.11. The standard InChI is InChI=1S/C23H18Br2IN3O2/c1-12-6-18(4-5-19(12)25)29-13(2)7-16(14(29)3)11-27-28-23(30)21-9-15-8-17(24)10-20(26)22(15)31-21/h4-11H,1-3H3,(H,28,30)/b27-11-. The van der Waals surface area contributed by atoms with Gasteiger partial charge in [0.25, 0.3) is 0 Å². The lowest BCUT2D eigenvalue weighted by molar-refractivity contribution is 0.0929. The molecule has 0 radical (unpaired) electrons. The van der Waals surface area contributed by atoms with Crippen molar-refractivity contribution in [3.05, 3.63) is 83.3 Å². The van der Waals surface area contributed by atoms with Crippen LogP contribution in [0, 0.1) is 24.3 Å². The van der Waals surface area contributed by atoms with Gasteiger partial charge in [-0.25, -0.2) is 5.43 Å². The normalized spacial score (nSPS) is 11.5. The van der Waals surface area contributed by atoms with Crippen molar-refractivity contribution < 1.29 is 9.21 Å². The first-order chi connectivity index (χ1) is 14.7. The maximum Gasteiger partial charge on any atom is 0.307 e. The molecule has 31 heavy (non-hydrogen) atoms. The zero-order chi connectivity index (χ0) is 22.3. The third-order valence-corrected chi connectivity index (χ3v) is 7.15. The molecule has 2 aromatic heterocycles. The van der Waals surface area contributed by atoms with Gasteiger partial charge in [-0.2, -0.15) is 5.10 Å². The van der Waals surface area contributed by atoms with E-state index in [1.807, 2.05) is 31.2 Å². The highest BCUT2D eigenvalue weighted by Gasteiger charge is 2.15. The number of amides is 1. The number of hydrogen-bond donors (Lipinski definition) is 1. The molecule has 0 aliphatic rings. The molecule has 0 aliphatic carbocycles. The minimum atomic E-state index is -0.392. The van der Waals surface area contributed by atoms with Crippen LogP contribution in [0.25, 0.3) is 16.7 Å². The first kappa shape index (κ1) is 22.3. The molecule has 2 aromatic carbocycles. The van der Waals surface area contributed by atoms with Crippen LogP contribution in [0.3, 0.4) is 0 Å². The molecule has 0 saturated carbocycles. The molecular weight excluding hydrogens is 637 g/mol. The van der Waals surface area contributed by atoms with Crippen molar-refractivity contribution in [2.75, 3.05) is 0 Å². The molecule has 0 spiro atoms. The second-order valence-electron chi connectivity index (χ2n) is 7.21. The second-order valence-corrected chi connectivity index (χ2v) is 10.1. The predicted octanol–water partition coefficient (Wildman–Crippen LogP) is 7.04. The van der Waals surface area contributed by atoms with Crippen LogP contribution in [0.15, 0.2) is 60.9 Å². The van der Waals surface area contributed by atoms with E-state index in [4.69, 9.17) is 4.42 Å². The number of furan rings is 1. The van der Waals surface area contributed by atoms with Gasteiger partial charge in [0, 0.05) is 37.0 Å². The van der Waals surface area contributed by atoms with Crippen LogP contribution in [-0.2, 0) is 0 Å². The molecule has 0 unspecified atom stereocenters. The Kier molecular flexibility index (Phi) is 6.41. The molecule has 4 rings (SSSR count). The van der Waals surface area contributed by atoms with Crippen molar-refractivity contribution in [3.8, 4) is 5.69 Å². The van der Waals surface area contributed by atoms with Crippen molar-refractivity contribution >= 4 is 77.5 Å². The van der Waals surface area contributed by atoms with Gasteiger partial charge in [0.1, 0.15) is 5.58 Å². The van der Waals surface area contributed by atoms with Gasteiger partial charge in [0.15, 0.2) is 5.76 Å². The Bertz CT molecular complexity index is 1350. The molecule has 1 N–H and O–H groups in total. The van der Waals surface area contributed by atoms with Crippen LogP contribution in [0.1, 0.15) is 33.1 Å². The average Bonchev–Trinajstić information content (AvgIpc) is 3.25. The summed E-state index contributed by atoms with van der Waals surface area (Å²) in [4.78, 5) is 12.5. The second kappa shape index (κ2) is 8.91. The summed E-state index contributed by atoms with van der Waals surface area (Å²) in [6, 6.07) is 13.9. The lowest BCUT2D eigenvalue weighted by atomic mass is 10.2. The number of hydrazone groups is 1. The van der Waals surface area contributed by atoms with Crippen LogP contribution in [-0.4, -0.2) is 16.7 Å². The summed E-state index contributed by atoms with van der Waals surface area (Å²) in [5.74, 6) is -0.171. The van der Waals surface area contributed by atoms with E-state index in [0.29, 0.717) is 5.58 Å². The van der Waals surface area contributed by atoms with Crippen LogP contribution >= 0.6 is 54.5 Å². The fraction of sp³-hybridized carbons (Fsp3) is 0.130. The van der Waals surface area contributed by atoms with E-state index in [1.54, 1.807) is 12.3 Å². The molecule has 8 heteroatoms. The third-order valence-electron chi connectivity index (χ3n) is 5.00. The molecule has 0 atom stereocenters. The Hall–Kier alpha value is -1.91. The molecule has 0 aliphatic heterocycles. The predicted molar refractivity (Wildman–Crippen MR) is 139 cm³/mol. The maximum atomic E-state index is 12.5. The fourth-order valence-electron chi connectivity index (χ4n) is 3.49. The molecule has 0 fully saturated rings. The zero-order valence-electron chi connectivity index (χ0n) is 17.0. The van der Waals surface area contributed by atoms with Crippen LogP contribution in [0.5, 0.6) is 0 Å². The number of carbonyl (C=O) groups excluding carboxylic acids is 1. The minimum absolute atomic E-state index is 0.221. The van der Waals surface area contributed by atoms with Gasteiger partial charge in [0.05, 0.1) is 9.78 Å². The quantitative estimate of drug-likeness (QED) is 0.146. The number of nitrogens with zero attached hydrogens (tertiary/aromatic N) is 2. The Morgan fingerprint density at radius 1 is 1.13 bits per heavy atom. The number of fused-ring (bicyclic) bond motifs is 1. The summed E-state index contributed by atoms with van der Waals surface area (Å²) in [6.45, 7) is 6.15. The van der Waals surface area contributed by atoms with Crippen molar-refractivity contribution in [1.82, 2.24) is 9.99 Å². The Balaban J connectivity index is 1.55. The minimum Gasteiger partial charge on any atom is -0.450 e. The van der Waals surface area contributed by atoms with Gasteiger partial charge in [-0.1, -0.05) is 31.9 Å². The Morgan fingerprint density at radius 2 is 1.90 bits per heavy atom. The number of carbonyl (C=O) groups is 1. The lowest BCUT2D eigenvalue weighted by Crippen LogP contribution is -2.16. The molecule has 5 nitrogen and oxygen atoms in total. The highest BCUT2D eigenvalue weighted by atomic mass is 127. The highest BCUT2D eigenvalue weighted by Crippen LogP contribution is 2.28. The molecule has 158 valence electrons. The van der Waals surface area contributed by atoms with Crippen molar-refractivity contribution in [2.45, 2.75) is 20.8 Å². The number of aromatic nitrogens is 1. The van der Waals surface area contributed by atoms with E-state index in [9.17, 15) is 4.79 Å². The summed E-state index contributed by atoms with van der Waals surface area (Å²) in [7, 11) is 0. The van der Waals surface area contributed by atoms with E-state index in [2.05, 4.69) is 95.5 Å². The van der Waals surface area contributed by atoms with E-state index < -0.39 is 5.91 Å². The highest BCUT2D eigenvalue weighted by molar-refractivity contribution is 14.1. The smallest absolute Gasteiger partial charge is 0.307 e. The molecule has 2 heterocycles. The topological polar surface area (TPSA) is 59.5 Å². The van der Waals surface area contributed by atoms with Gasteiger partial charge in [-0.3, -0.25) is 4.79 Å². The Morgan fingerprint density at radius 3 is 2.65 bits per heavy atom.